The second kappa shape index (κ2) is 6.73. The van der Waals surface area contributed by atoms with Gasteiger partial charge in [0.25, 0.3) is 0 Å². The van der Waals surface area contributed by atoms with Crippen molar-refractivity contribution < 1.29 is 9.21 Å². The van der Waals surface area contributed by atoms with Gasteiger partial charge in [-0.25, -0.2) is 0 Å². The van der Waals surface area contributed by atoms with Gasteiger partial charge in [-0.2, -0.15) is 0 Å². The van der Waals surface area contributed by atoms with E-state index < -0.39 is 0 Å². The molecule has 1 rings (SSSR count). The predicted molar refractivity (Wildman–Crippen MR) is 75.6 cm³/mol. The van der Waals surface area contributed by atoms with Crippen LogP contribution in [-0.2, 0) is 4.79 Å². The van der Waals surface area contributed by atoms with Crippen LogP contribution in [0.5, 0.6) is 0 Å². The molecule has 0 spiro atoms. The van der Waals surface area contributed by atoms with E-state index >= 15 is 0 Å². The topological polar surface area (TPSA) is 71.5 Å². The van der Waals surface area contributed by atoms with Crippen LogP contribution in [0.25, 0.3) is 0 Å². The van der Waals surface area contributed by atoms with Crippen LogP contribution in [0.3, 0.4) is 0 Å². The number of nitrogens with two attached hydrogens (primary N) is 1. The van der Waals surface area contributed by atoms with Gasteiger partial charge in [-0.05, 0) is 38.1 Å². The van der Waals surface area contributed by atoms with Crippen LogP contribution >= 0.6 is 0 Å². The van der Waals surface area contributed by atoms with Crippen molar-refractivity contribution in [2.45, 2.75) is 26.8 Å². The van der Waals surface area contributed by atoms with Gasteiger partial charge in [0, 0.05) is 6.54 Å². The number of rotatable bonds is 7. The average molecular weight is 267 g/mol. The van der Waals surface area contributed by atoms with Gasteiger partial charge in [-0.15, -0.1) is 0 Å². The number of nitrogens with one attached hydrogen (secondary N) is 1. The van der Waals surface area contributed by atoms with Crippen molar-refractivity contribution in [1.29, 1.82) is 0 Å². The Morgan fingerprint density at radius 3 is 2.79 bits per heavy atom. The smallest absolute Gasteiger partial charge is 0.234 e. The maximum atomic E-state index is 11.9. The van der Waals surface area contributed by atoms with Gasteiger partial charge < -0.3 is 15.5 Å². The van der Waals surface area contributed by atoms with Crippen molar-refractivity contribution in [3.63, 3.8) is 0 Å². The molecule has 5 nitrogen and oxygen atoms in total. The number of likely N-dealkylation sites (N-methyl/N-ethyl adjacent to an activating group) is 1. The minimum absolute atomic E-state index is 0.0146. The first-order valence-corrected chi connectivity index (χ1v) is 6.55. The Hall–Kier alpha value is -1.33. The van der Waals surface area contributed by atoms with E-state index in [4.69, 9.17) is 10.2 Å². The van der Waals surface area contributed by atoms with Crippen molar-refractivity contribution in [3.05, 3.63) is 24.2 Å². The largest absolute Gasteiger partial charge is 0.467 e. The highest BCUT2D eigenvalue weighted by molar-refractivity contribution is 5.78. The first-order chi connectivity index (χ1) is 8.84. The van der Waals surface area contributed by atoms with Gasteiger partial charge >= 0.3 is 0 Å². The molecule has 0 aliphatic heterocycles. The molecule has 1 atom stereocenters. The molecule has 0 radical (unpaired) electrons. The predicted octanol–water partition coefficient (Wildman–Crippen LogP) is 1.37. The third-order valence-corrected chi connectivity index (χ3v) is 3.01. The number of hydrogen-bond acceptors (Lipinski definition) is 4. The molecule has 5 heteroatoms. The summed E-state index contributed by atoms with van der Waals surface area (Å²) in [7, 11) is 1.93. The summed E-state index contributed by atoms with van der Waals surface area (Å²) in [6.07, 6.45) is 1.61. The van der Waals surface area contributed by atoms with E-state index in [0.717, 1.165) is 12.3 Å². The fraction of sp³-hybridized carbons (Fsp3) is 0.643. The van der Waals surface area contributed by atoms with Gasteiger partial charge in [0.2, 0.25) is 5.91 Å². The van der Waals surface area contributed by atoms with E-state index in [1.165, 1.54) is 0 Å². The van der Waals surface area contributed by atoms with Crippen molar-refractivity contribution in [2.75, 3.05) is 26.7 Å². The van der Waals surface area contributed by atoms with Gasteiger partial charge in [0.05, 0.1) is 18.8 Å². The number of hydrogen-bond donors (Lipinski definition) is 2. The Balaban J connectivity index is 2.39. The molecule has 1 aromatic heterocycles. The van der Waals surface area contributed by atoms with Crippen LogP contribution < -0.4 is 11.1 Å². The van der Waals surface area contributed by atoms with Crippen molar-refractivity contribution in [1.82, 2.24) is 10.2 Å². The molecule has 0 saturated carbocycles. The van der Waals surface area contributed by atoms with Gasteiger partial charge in [0.1, 0.15) is 5.76 Å². The van der Waals surface area contributed by atoms with Gasteiger partial charge in [0.15, 0.2) is 0 Å². The highest BCUT2D eigenvalue weighted by Crippen LogP contribution is 2.14. The fourth-order valence-corrected chi connectivity index (χ4v) is 1.99. The van der Waals surface area contributed by atoms with Crippen LogP contribution in [0.4, 0.5) is 0 Å². The quantitative estimate of drug-likeness (QED) is 0.783. The first kappa shape index (κ1) is 15.7. The van der Waals surface area contributed by atoms with Crippen LogP contribution in [0.2, 0.25) is 0 Å². The molecule has 1 heterocycles. The molecule has 0 bridgehead atoms. The maximum absolute atomic E-state index is 11.9. The van der Waals surface area contributed by atoms with E-state index in [0.29, 0.717) is 13.1 Å². The van der Waals surface area contributed by atoms with Crippen LogP contribution in [0, 0.1) is 5.41 Å². The molecule has 0 saturated heterocycles. The minimum Gasteiger partial charge on any atom is -0.467 e. The van der Waals surface area contributed by atoms with E-state index in [1.54, 1.807) is 6.26 Å². The second-order valence-corrected chi connectivity index (χ2v) is 5.85. The Morgan fingerprint density at radius 2 is 2.26 bits per heavy atom. The number of nitrogens with zero attached hydrogens (tertiary/aromatic N) is 1. The summed E-state index contributed by atoms with van der Waals surface area (Å²) < 4.78 is 5.25. The summed E-state index contributed by atoms with van der Waals surface area (Å²) in [4.78, 5) is 13.9. The fourth-order valence-electron chi connectivity index (χ4n) is 1.99. The number of carbonyl (C=O) groups is 1. The molecule has 108 valence electrons. The van der Waals surface area contributed by atoms with Crippen LogP contribution in [0.15, 0.2) is 22.8 Å². The first-order valence-electron chi connectivity index (χ1n) is 6.55. The zero-order valence-electron chi connectivity index (χ0n) is 12.3. The van der Waals surface area contributed by atoms with Crippen molar-refractivity contribution in [2.24, 2.45) is 11.1 Å². The highest BCUT2D eigenvalue weighted by Gasteiger charge is 2.20. The molecular weight excluding hydrogens is 242 g/mol. The molecule has 1 aromatic rings. The molecule has 3 N–H and O–H groups in total. The van der Waals surface area contributed by atoms with E-state index in [9.17, 15) is 4.79 Å². The van der Waals surface area contributed by atoms with E-state index in [1.807, 2.05) is 31.0 Å². The van der Waals surface area contributed by atoms with E-state index in [2.05, 4.69) is 19.2 Å². The third-order valence-electron chi connectivity index (χ3n) is 3.01. The van der Waals surface area contributed by atoms with Gasteiger partial charge in [-0.1, -0.05) is 13.8 Å². The minimum atomic E-state index is -0.113. The summed E-state index contributed by atoms with van der Waals surface area (Å²) in [6, 6.07) is 3.55. The molecule has 0 aliphatic rings. The zero-order valence-corrected chi connectivity index (χ0v) is 12.3. The lowest BCUT2D eigenvalue weighted by molar-refractivity contribution is -0.122. The standard InChI is InChI=1S/C14H25N3O2/c1-11(12-6-5-7-19-12)16-13(18)8-17(4)10-14(2,3)9-15/h5-7,11H,8-10,15H2,1-4H3,(H,16,18). The summed E-state index contributed by atoms with van der Waals surface area (Å²) >= 11 is 0. The average Bonchev–Trinajstić information content (AvgIpc) is 2.81. The highest BCUT2D eigenvalue weighted by atomic mass is 16.3. The lowest BCUT2D eigenvalue weighted by atomic mass is 9.93. The second-order valence-electron chi connectivity index (χ2n) is 5.85. The van der Waals surface area contributed by atoms with Crippen LogP contribution in [-0.4, -0.2) is 37.5 Å². The SMILES string of the molecule is CC(NC(=O)CN(C)CC(C)(C)CN)c1ccco1. The lowest BCUT2D eigenvalue weighted by Crippen LogP contribution is -2.42. The Morgan fingerprint density at radius 1 is 1.58 bits per heavy atom. The summed E-state index contributed by atoms with van der Waals surface area (Å²) in [5.41, 5.74) is 5.71. The molecule has 0 fully saturated rings. The molecule has 0 aliphatic carbocycles. The number of amides is 1. The summed E-state index contributed by atoms with van der Waals surface area (Å²) in [5.74, 6) is 0.748. The monoisotopic (exact) mass is 267 g/mol. The molecule has 1 unspecified atom stereocenters. The summed E-state index contributed by atoms with van der Waals surface area (Å²) in [6.45, 7) is 7.82. The van der Waals surface area contributed by atoms with Crippen molar-refractivity contribution in [3.8, 4) is 0 Å². The Kier molecular flexibility index (Phi) is 5.57. The van der Waals surface area contributed by atoms with Crippen LogP contribution in [0.1, 0.15) is 32.6 Å². The zero-order chi connectivity index (χ0) is 14.5. The molecular formula is C14H25N3O2. The van der Waals surface area contributed by atoms with E-state index in [-0.39, 0.29) is 17.4 Å². The molecule has 0 aromatic carbocycles. The van der Waals surface area contributed by atoms with Gasteiger partial charge in [-0.3, -0.25) is 9.69 Å². The third kappa shape index (κ3) is 5.44. The normalized spacial score (nSPS) is 13.6. The summed E-state index contributed by atoms with van der Waals surface area (Å²) in [5, 5.41) is 2.91. The van der Waals surface area contributed by atoms with Crippen molar-refractivity contribution >= 4 is 5.91 Å². The number of furan rings is 1. The maximum Gasteiger partial charge on any atom is 0.234 e. The molecule has 1 amide bonds. The molecule has 19 heavy (non-hydrogen) atoms. The Labute approximate surface area is 115 Å². The lowest BCUT2D eigenvalue weighted by Gasteiger charge is -2.28. The Bertz CT molecular complexity index is 387. The number of carbonyl (C=O) groups excluding carboxylic acids is 1.